The first-order chi connectivity index (χ1) is 16.7. The summed E-state index contributed by atoms with van der Waals surface area (Å²) >= 11 is 0. The van der Waals surface area contributed by atoms with Crippen LogP contribution in [0.2, 0.25) is 0 Å². The van der Waals surface area contributed by atoms with Crippen LogP contribution in [0.4, 0.5) is 10.2 Å². The number of methoxy groups -OCH3 is 1. The Morgan fingerprint density at radius 2 is 1.71 bits per heavy atom. The van der Waals surface area contributed by atoms with E-state index in [1.54, 1.807) is 25.6 Å². The lowest BCUT2D eigenvalue weighted by Crippen LogP contribution is -2.23. The number of rotatable bonds is 7. The fourth-order valence-electron chi connectivity index (χ4n) is 5.18. The third-order valence-corrected chi connectivity index (χ3v) is 6.87. The number of nitrogens with zero attached hydrogens (tertiary/aromatic N) is 2. The van der Waals surface area contributed by atoms with Crippen LogP contribution in [0, 0.1) is 11.7 Å². The summed E-state index contributed by atoms with van der Waals surface area (Å²) in [5.41, 5.74) is 5.08. The normalized spacial score (nSPS) is 15.4. The van der Waals surface area contributed by atoms with Crippen molar-refractivity contribution >= 4 is 16.7 Å². The molecule has 1 aliphatic carbocycles. The van der Waals surface area contributed by atoms with Gasteiger partial charge in [-0.05, 0) is 59.7 Å². The van der Waals surface area contributed by atoms with Crippen molar-refractivity contribution < 1.29 is 9.13 Å². The summed E-state index contributed by atoms with van der Waals surface area (Å²) in [7, 11) is 1.69. The van der Waals surface area contributed by atoms with Gasteiger partial charge in [-0.1, -0.05) is 61.7 Å². The van der Waals surface area contributed by atoms with Crippen molar-refractivity contribution in [2.75, 3.05) is 12.4 Å². The van der Waals surface area contributed by atoms with Crippen molar-refractivity contribution in [2.45, 2.75) is 44.8 Å². The fraction of sp³-hybridized carbons (Fsp3) is 0.310. The largest absolute Gasteiger partial charge is 0.380 e. The van der Waals surface area contributed by atoms with Gasteiger partial charge in [0.05, 0.1) is 18.2 Å². The average Bonchev–Trinajstić information content (AvgIpc) is 2.89. The molecule has 3 aromatic carbocycles. The van der Waals surface area contributed by atoms with Crippen molar-refractivity contribution in [2.24, 2.45) is 5.92 Å². The van der Waals surface area contributed by atoms with Gasteiger partial charge in [0, 0.05) is 18.1 Å². The summed E-state index contributed by atoms with van der Waals surface area (Å²) in [4.78, 5) is 9.30. The summed E-state index contributed by atoms with van der Waals surface area (Å²) in [5, 5.41) is 4.77. The maximum atomic E-state index is 13.6. The molecule has 0 spiro atoms. The molecule has 1 atom stereocenters. The van der Waals surface area contributed by atoms with Gasteiger partial charge in [-0.15, -0.1) is 0 Å². The van der Waals surface area contributed by atoms with Gasteiger partial charge in [0.15, 0.2) is 0 Å². The van der Waals surface area contributed by atoms with E-state index in [9.17, 15) is 4.39 Å². The highest BCUT2D eigenvalue weighted by atomic mass is 19.1. The molecule has 1 unspecified atom stereocenters. The molecule has 4 aromatic rings. The molecule has 0 saturated heterocycles. The number of halogens is 1. The predicted molar refractivity (Wildman–Crippen MR) is 135 cm³/mol. The summed E-state index contributed by atoms with van der Waals surface area (Å²) in [6.45, 7) is 0.437. The Morgan fingerprint density at radius 3 is 2.44 bits per heavy atom. The Balaban J connectivity index is 1.61. The average molecular weight is 456 g/mol. The SMILES string of the molecule is COCc1cc(-c2ccc(F)cc2)cc2c(NC(c3ccccc3)C3CCCCC3)ncnc12. The van der Waals surface area contributed by atoms with Crippen molar-refractivity contribution in [1.82, 2.24) is 9.97 Å². The minimum absolute atomic E-state index is 0.181. The number of ether oxygens (including phenoxy) is 1. The molecule has 34 heavy (non-hydrogen) atoms. The third kappa shape index (κ3) is 4.80. The Hall–Kier alpha value is -3.31. The number of hydrogen-bond acceptors (Lipinski definition) is 4. The van der Waals surface area contributed by atoms with Crippen LogP contribution in [-0.2, 0) is 11.3 Å². The molecule has 0 amide bonds. The number of aromatic nitrogens is 2. The number of benzene rings is 3. The molecular weight excluding hydrogens is 425 g/mol. The first kappa shape index (κ1) is 22.5. The Morgan fingerprint density at radius 1 is 0.941 bits per heavy atom. The van der Waals surface area contributed by atoms with Crippen LogP contribution < -0.4 is 5.32 Å². The van der Waals surface area contributed by atoms with Crippen LogP contribution in [0.1, 0.15) is 49.3 Å². The van der Waals surface area contributed by atoms with Crippen LogP contribution in [-0.4, -0.2) is 17.1 Å². The fourth-order valence-corrected chi connectivity index (χ4v) is 5.18. The number of nitrogens with one attached hydrogen (secondary N) is 1. The van der Waals surface area contributed by atoms with E-state index in [1.807, 2.05) is 0 Å². The lowest BCUT2D eigenvalue weighted by molar-refractivity contribution is 0.186. The quantitative estimate of drug-likeness (QED) is 0.317. The first-order valence-corrected chi connectivity index (χ1v) is 12.1. The molecule has 1 aromatic heterocycles. The Kier molecular flexibility index (Phi) is 6.82. The molecule has 4 nitrogen and oxygen atoms in total. The molecule has 0 radical (unpaired) electrons. The number of anilines is 1. The summed E-state index contributed by atoms with van der Waals surface area (Å²) in [5.74, 6) is 1.14. The van der Waals surface area contributed by atoms with Crippen LogP contribution >= 0.6 is 0 Å². The molecule has 1 aliphatic rings. The van der Waals surface area contributed by atoms with Crippen molar-refractivity contribution in [3.05, 3.63) is 90.0 Å². The van der Waals surface area contributed by atoms with E-state index in [1.165, 1.54) is 49.8 Å². The molecule has 1 saturated carbocycles. The lowest BCUT2D eigenvalue weighted by Gasteiger charge is -2.32. The minimum atomic E-state index is -0.245. The van der Waals surface area contributed by atoms with Gasteiger partial charge >= 0.3 is 0 Å². The highest BCUT2D eigenvalue weighted by Gasteiger charge is 2.26. The second-order valence-corrected chi connectivity index (χ2v) is 9.12. The van der Waals surface area contributed by atoms with Gasteiger partial charge < -0.3 is 10.1 Å². The minimum Gasteiger partial charge on any atom is -0.380 e. The second-order valence-electron chi connectivity index (χ2n) is 9.12. The summed E-state index contributed by atoms with van der Waals surface area (Å²) < 4.78 is 19.0. The van der Waals surface area contributed by atoms with Crippen LogP contribution in [0.5, 0.6) is 0 Å². The van der Waals surface area contributed by atoms with E-state index < -0.39 is 0 Å². The van der Waals surface area contributed by atoms with E-state index in [2.05, 4.69) is 52.8 Å². The molecule has 0 bridgehead atoms. The van der Waals surface area contributed by atoms with Crippen molar-refractivity contribution in [3.63, 3.8) is 0 Å². The van der Waals surface area contributed by atoms with Gasteiger partial charge in [0.25, 0.3) is 0 Å². The number of hydrogen-bond donors (Lipinski definition) is 1. The maximum Gasteiger partial charge on any atom is 0.137 e. The zero-order valence-electron chi connectivity index (χ0n) is 19.5. The Labute approximate surface area is 200 Å². The third-order valence-electron chi connectivity index (χ3n) is 6.87. The number of fused-ring (bicyclic) bond motifs is 1. The molecule has 5 rings (SSSR count). The molecule has 1 heterocycles. The van der Waals surface area contributed by atoms with Crippen LogP contribution in [0.3, 0.4) is 0 Å². The zero-order valence-corrected chi connectivity index (χ0v) is 19.5. The standard InChI is InChI=1S/C29H30FN3O/c1-34-18-24-16-23(20-12-14-25(30)15-13-20)17-26-28(24)31-19-32-29(26)33-27(21-8-4-2-5-9-21)22-10-6-3-7-11-22/h2,4-5,8-9,12-17,19,22,27H,3,6-7,10-11,18H2,1H3,(H,31,32,33). The Bertz CT molecular complexity index is 1240. The monoisotopic (exact) mass is 455 g/mol. The topological polar surface area (TPSA) is 47.0 Å². The molecule has 1 fully saturated rings. The molecule has 0 aliphatic heterocycles. The van der Waals surface area contributed by atoms with Crippen LogP contribution in [0.25, 0.3) is 22.0 Å². The predicted octanol–water partition coefficient (Wildman–Crippen LogP) is 7.32. The summed E-state index contributed by atoms with van der Waals surface area (Å²) in [6.07, 6.45) is 7.91. The van der Waals surface area contributed by atoms with E-state index in [-0.39, 0.29) is 11.9 Å². The van der Waals surface area contributed by atoms with Crippen LogP contribution in [0.15, 0.2) is 73.1 Å². The highest BCUT2D eigenvalue weighted by molar-refractivity contribution is 5.94. The van der Waals surface area contributed by atoms with Gasteiger partial charge in [-0.2, -0.15) is 0 Å². The van der Waals surface area contributed by atoms with Crippen molar-refractivity contribution in [1.29, 1.82) is 0 Å². The molecule has 174 valence electrons. The van der Waals surface area contributed by atoms with E-state index in [4.69, 9.17) is 9.72 Å². The molecule has 1 N–H and O–H groups in total. The lowest BCUT2D eigenvalue weighted by atomic mass is 9.81. The van der Waals surface area contributed by atoms with E-state index in [0.717, 1.165) is 33.4 Å². The van der Waals surface area contributed by atoms with E-state index >= 15 is 0 Å². The zero-order chi connectivity index (χ0) is 23.3. The smallest absolute Gasteiger partial charge is 0.137 e. The van der Waals surface area contributed by atoms with Gasteiger partial charge in [-0.3, -0.25) is 0 Å². The van der Waals surface area contributed by atoms with Gasteiger partial charge in [0.2, 0.25) is 0 Å². The second kappa shape index (κ2) is 10.3. The van der Waals surface area contributed by atoms with Gasteiger partial charge in [0.1, 0.15) is 18.0 Å². The molecular formula is C29H30FN3O. The summed E-state index contributed by atoms with van der Waals surface area (Å²) in [6, 6.07) is 21.6. The van der Waals surface area contributed by atoms with Crippen molar-refractivity contribution in [3.8, 4) is 11.1 Å². The van der Waals surface area contributed by atoms with E-state index in [0.29, 0.717) is 12.5 Å². The van der Waals surface area contributed by atoms with Gasteiger partial charge in [-0.25, -0.2) is 14.4 Å². The molecule has 5 heteroatoms. The highest BCUT2D eigenvalue weighted by Crippen LogP contribution is 2.38. The maximum absolute atomic E-state index is 13.6. The first-order valence-electron chi connectivity index (χ1n) is 12.1.